The number of nitrogens with zero attached hydrogens (tertiary/aromatic N) is 2. The minimum absolute atomic E-state index is 0.930. The first-order valence-corrected chi connectivity index (χ1v) is 6.05. The van der Waals surface area contributed by atoms with E-state index in [2.05, 4.69) is 42.4 Å². The van der Waals surface area contributed by atoms with Crippen molar-refractivity contribution in [1.29, 1.82) is 0 Å². The van der Waals surface area contributed by atoms with Crippen LogP contribution in [0.4, 0.5) is 0 Å². The molecule has 0 radical (unpaired) electrons. The topological polar surface area (TPSA) is 29.9 Å². The lowest BCUT2D eigenvalue weighted by molar-refractivity contribution is 0.600. The van der Waals surface area contributed by atoms with Crippen molar-refractivity contribution in [3.63, 3.8) is 0 Å². The molecule has 3 nitrogen and oxygen atoms in total. The van der Waals surface area contributed by atoms with E-state index in [1.54, 1.807) is 0 Å². The zero-order chi connectivity index (χ0) is 12.0. The van der Waals surface area contributed by atoms with Gasteiger partial charge in [0.05, 0.1) is 5.69 Å². The molecular weight excluding hydrogens is 198 g/mol. The van der Waals surface area contributed by atoms with Gasteiger partial charge in [0.25, 0.3) is 0 Å². The van der Waals surface area contributed by atoms with Crippen LogP contribution < -0.4 is 5.32 Å². The van der Waals surface area contributed by atoms with Crippen molar-refractivity contribution in [1.82, 2.24) is 15.1 Å². The average molecular weight is 221 g/mol. The zero-order valence-electron chi connectivity index (χ0n) is 10.7. The lowest BCUT2D eigenvalue weighted by Gasteiger charge is -2.05. The maximum absolute atomic E-state index is 4.56. The highest BCUT2D eigenvalue weighted by Crippen LogP contribution is 2.13. The Hall–Kier alpha value is -1.09. The summed E-state index contributed by atoms with van der Waals surface area (Å²) in [5.74, 6) is 0. The van der Waals surface area contributed by atoms with Gasteiger partial charge >= 0.3 is 0 Å². The molecule has 0 spiro atoms. The molecule has 0 atom stereocenters. The Morgan fingerprint density at radius 1 is 1.44 bits per heavy atom. The monoisotopic (exact) mass is 221 g/mol. The summed E-state index contributed by atoms with van der Waals surface area (Å²) in [4.78, 5) is 0. The molecule has 0 amide bonds. The van der Waals surface area contributed by atoms with Crippen LogP contribution in [0, 0.1) is 13.8 Å². The fourth-order valence-electron chi connectivity index (χ4n) is 1.81. The fraction of sp³-hybridized carbons (Fsp3) is 0.615. The molecule has 0 aromatic carbocycles. The van der Waals surface area contributed by atoms with E-state index < -0.39 is 0 Å². The summed E-state index contributed by atoms with van der Waals surface area (Å²) in [6, 6.07) is 0. The number of aromatic nitrogens is 2. The molecule has 3 heteroatoms. The number of hydrogen-bond acceptors (Lipinski definition) is 2. The third kappa shape index (κ3) is 3.20. The molecule has 0 aliphatic carbocycles. The molecule has 0 aliphatic rings. The van der Waals surface area contributed by atoms with Crippen LogP contribution >= 0.6 is 0 Å². The van der Waals surface area contributed by atoms with Crippen LogP contribution in [-0.2, 0) is 13.1 Å². The SMILES string of the molecule is C=CCCn1nc(C)c(CNCCC)c1C. The van der Waals surface area contributed by atoms with Gasteiger partial charge in [-0.1, -0.05) is 13.0 Å². The third-order valence-corrected chi connectivity index (χ3v) is 2.80. The van der Waals surface area contributed by atoms with E-state index in [9.17, 15) is 0 Å². The van der Waals surface area contributed by atoms with Gasteiger partial charge in [-0.3, -0.25) is 4.68 Å². The Bertz CT molecular complexity index is 339. The van der Waals surface area contributed by atoms with Crippen LogP contribution in [0.3, 0.4) is 0 Å². The van der Waals surface area contributed by atoms with Crippen LogP contribution in [0.15, 0.2) is 12.7 Å². The summed E-state index contributed by atoms with van der Waals surface area (Å²) in [5, 5.41) is 7.98. The van der Waals surface area contributed by atoms with Gasteiger partial charge in [0.1, 0.15) is 0 Å². The van der Waals surface area contributed by atoms with Crippen LogP contribution in [0.2, 0.25) is 0 Å². The van der Waals surface area contributed by atoms with E-state index in [0.29, 0.717) is 0 Å². The molecule has 0 unspecified atom stereocenters. The van der Waals surface area contributed by atoms with Crippen molar-refractivity contribution in [3.05, 3.63) is 29.6 Å². The zero-order valence-corrected chi connectivity index (χ0v) is 10.7. The normalized spacial score (nSPS) is 10.7. The third-order valence-electron chi connectivity index (χ3n) is 2.80. The maximum atomic E-state index is 4.56. The van der Waals surface area contributed by atoms with Gasteiger partial charge in [-0.2, -0.15) is 5.10 Å². The molecule has 1 N–H and O–H groups in total. The minimum atomic E-state index is 0.930. The summed E-state index contributed by atoms with van der Waals surface area (Å²) >= 11 is 0. The fourth-order valence-corrected chi connectivity index (χ4v) is 1.81. The van der Waals surface area contributed by atoms with Gasteiger partial charge in [0.15, 0.2) is 0 Å². The highest BCUT2D eigenvalue weighted by molar-refractivity contribution is 5.24. The second-order valence-corrected chi connectivity index (χ2v) is 4.13. The van der Waals surface area contributed by atoms with E-state index in [-0.39, 0.29) is 0 Å². The van der Waals surface area contributed by atoms with Crippen LogP contribution in [-0.4, -0.2) is 16.3 Å². The summed E-state index contributed by atoms with van der Waals surface area (Å²) in [5.41, 5.74) is 3.77. The molecular formula is C13H23N3. The van der Waals surface area contributed by atoms with Gasteiger partial charge in [-0.15, -0.1) is 6.58 Å². The first-order valence-electron chi connectivity index (χ1n) is 6.05. The van der Waals surface area contributed by atoms with E-state index in [1.807, 2.05) is 6.08 Å². The van der Waals surface area contributed by atoms with Crippen molar-refractivity contribution >= 4 is 0 Å². The molecule has 0 saturated heterocycles. The van der Waals surface area contributed by atoms with E-state index in [0.717, 1.165) is 31.7 Å². The number of hydrogen-bond donors (Lipinski definition) is 1. The first kappa shape index (κ1) is 13.0. The minimum Gasteiger partial charge on any atom is -0.313 e. The lowest BCUT2D eigenvalue weighted by Crippen LogP contribution is -2.15. The van der Waals surface area contributed by atoms with Crippen LogP contribution in [0.5, 0.6) is 0 Å². The predicted molar refractivity (Wildman–Crippen MR) is 68.5 cm³/mol. The Labute approximate surface area is 98.5 Å². The number of nitrogens with one attached hydrogen (secondary N) is 1. The smallest absolute Gasteiger partial charge is 0.0641 e. The van der Waals surface area contributed by atoms with Crippen LogP contribution in [0.1, 0.15) is 36.7 Å². The maximum Gasteiger partial charge on any atom is 0.0641 e. The lowest BCUT2D eigenvalue weighted by atomic mass is 10.2. The first-order chi connectivity index (χ1) is 7.70. The van der Waals surface area contributed by atoms with Gasteiger partial charge in [0, 0.05) is 24.3 Å². The Balaban J connectivity index is 2.68. The summed E-state index contributed by atoms with van der Waals surface area (Å²) < 4.78 is 2.08. The second kappa shape index (κ2) is 6.48. The van der Waals surface area contributed by atoms with Gasteiger partial charge < -0.3 is 5.32 Å². The summed E-state index contributed by atoms with van der Waals surface area (Å²) in [6.45, 7) is 13.1. The number of allylic oxidation sites excluding steroid dienone is 1. The van der Waals surface area contributed by atoms with Crippen molar-refractivity contribution in [2.75, 3.05) is 6.54 Å². The van der Waals surface area contributed by atoms with Gasteiger partial charge in [0.2, 0.25) is 0 Å². The molecule has 1 aromatic rings. The van der Waals surface area contributed by atoms with Crippen molar-refractivity contribution in [2.24, 2.45) is 0 Å². The predicted octanol–water partition coefficient (Wildman–Crippen LogP) is 2.58. The van der Waals surface area contributed by atoms with Crippen molar-refractivity contribution in [2.45, 2.75) is 46.7 Å². The Morgan fingerprint density at radius 2 is 2.19 bits per heavy atom. The standard InChI is InChI=1S/C13H23N3/c1-5-7-9-16-12(4)13(11(3)15-16)10-14-8-6-2/h5,14H,1,6-10H2,2-4H3. The molecule has 0 fully saturated rings. The van der Waals surface area contributed by atoms with E-state index in [1.165, 1.54) is 17.7 Å². The summed E-state index contributed by atoms with van der Waals surface area (Å²) in [6.07, 6.45) is 4.08. The largest absolute Gasteiger partial charge is 0.313 e. The van der Waals surface area contributed by atoms with Crippen molar-refractivity contribution < 1.29 is 0 Å². The van der Waals surface area contributed by atoms with Crippen molar-refractivity contribution in [3.8, 4) is 0 Å². The molecule has 1 rings (SSSR count). The number of rotatable bonds is 7. The molecule has 0 bridgehead atoms. The Kier molecular flexibility index (Phi) is 5.26. The average Bonchev–Trinajstić information content (AvgIpc) is 2.54. The van der Waals surface area contributed by atoms with E-state index >= 15 is 0 Å². The number of aryl methyl sites for hydroxylation is 2. The molecule has 1 heterocycles. The Morgan fingerprint density at radius 3 is 2.81 bits per heavy atom. The molecule has 90 valence electrons. The molecule has 1 aromatic heterocycles. The van der Waals surface area contributed by atoms with Gasteiger partial charge in [-0.25, -0.2) is 0 Å². The highest BCUT2D eigenvalue weighted by Gasteiger charge is 2.09. The summed E-state index contributed by atoms with van der Waals surface area (Å²) in [7, 11) is 0. The highest BCUT2D eigenvalue weighted by atomic mass is 15.3. The van der Waals surface area contributed by atoms with Gasteiger partial charge in [-0.05, 0) is 33.2 Å². The molecule has 0 aliphatic heterocycles. The molecule has 0 saturated carbocycles. The van der Waals surface area contributed by atoms with Crippen LogP contribution in [0.25, 0.3) is 0 Å². The van der Waals surface area contributed by atoms with E-state index in [4.69, 9.17) is 0 Å². The molecule has 16 heavy (non-hydrogen) atoms. The quantitative estimate of drug-likeness (QED) is 0.566. The second-order valence-electron chi connectivity index (χ2n) is 4.13.